The van der Waals surface area contributed by atoms with E-state index in [4.69, 9.17) is 4.74 Å². The number of benzene rings is 1. The van der Waals surface area contributed by atoms with Crippen LogP contribution in [-0.4, -0.2) is 47.4 Å². The van der Waals surface area contributed by atoms with Crippen LogP contribution in [0.5, 0.6) is 0 Å². The summed E-state index contributed by atoms with van der Waals surface area (Å²) in [6, 6.07) is 4.91. The smallest absolute Gasteiger partial charge is 0.338 e. The molecular weight excluding hydrogens is 290 g/mol. The van der Waals surface area contributed by atoms with Crippen molar-refractivity contribution in [1.29, 1.82) is 0 Å². The van der Waals surface area contributed by atoms with Crippen LogP contribution >= 0.6 is 0 Å². The van der Waals surface area contributed by atoms with E-state index in [1.807, 2.05) is 0 Å². The number of carbonyl (C=O) groups excluding carboxylic acids is 2. The summed E-state index contributed by atoms with van der Waals surface area (Å²) in [6.07, 6.45) is 0. The first-order valence-electron chi connectivity index (χ1n) is 6.57. The van der Waals surface area contributed by atoms with Crippen LogP contribution in [0.25, 0.3) is 0 Å². The number of rotatable bonds is 2. The molecule has 22 heavy (non-hydrogen) atoms. The van der Waals surface area contributed by atoms with E-state index in [9.17, 15) is 19.7 Å². The Morgan fingerprint density at radius 2 is 1.95 bits per heavy atom. The topological polar surface area (TPSA) is 93.0 Å². The molecule has 1 aromatic rings. The van der Waals surface area contributed by atoms with Crippen LogP contribution in [0.1, 0.15) is 11.6 Å². The molecule has 0 radical (unpaired) electrons. The van der Waals surface area contributed by atoms with Crippen LogP contribution in [0.3, 0.4) is 0 Å². The Morgan fingerprint density at radius 3 is 2.64 bits per heavy atom. The molecule has 1 aromatic carbocycles. The van der Waals surface area contributed by atoms with Gasteiger partial charge in [-0.2, -0.15) is 0 Å². The summed E-state index contributed by atoms with van der Waals surface area (Å²) < 4.78 is 5.02. The van der Waals surface area contributed by atoms with Crippen molar-refractivity contribution < 1.29 is 19.2 Å². The summed E-state index contributed by atoms with van der Waals surface area (Å²) in [6.45, 7) is 0.00137. The number of para-hydroxylation sites is 1. The lowest BCUT2D eigenvalue weighted by Crippen LogP contribution is -2.46. The van der Waals surface area contributed by atoms with Gasteiger partial charge in [0.25, 0.3) is 5.69 Å². The molecule has 2 amide bonds. The van der Waals surface area contributed by atoms with E-state index in [1.165, 1.54) is 22.9 Å². The summed E-state index contributed by atoms with van der Waals surface area (Å²) in [5, 5.41) is 11.3. The Hall–Kier alpha value is -2.90. The monoisotopic (exact) mass is 303 g/mol. The summed E-state index contributed by atoms with van der Waals surface area (Å²) in [7, 11) is 3.06. The fraction of sp³-hybridized carbons (Fsp3) is 0.286. The number of carbonyl (C=O) groups is 2. The van der Waals surface area contributed by atoms with E-state index in [2.05, 4.69) is 0 Å². The number of urea groups is 1. The molecule has 0 spiro atoms. The van der Waals surface area contributed by atoms with Gasteiger partial charge in [-0.05, 0) is 6.07 Å². The van der Waals surface area contributed by atoms with E-state index in [1.54, 1.807) is 25.2 Å². The van der Waals surface area contributed by atoms with Crippen LogP contribution in [0, 0.1) is 10.1 Å². The van der Waals surface area contributed by atoms with E-state index < -0.39 is 16.9 Å². The fourth-order valence-electron chi connectivity index (χ4n) is 2.86. The van der Waals surface area contributed by atoms with Gasteiger partial charge in [-0.3, -0.25) is 15.0 Å². The third-order valence-corrected chi connectivity index (χ3v) is 3.95. The summed E-state index contributed by atoms with van der Waals surface area (Å²) in [4.78, 5) is 37.8. The number of nitro groups is 1. The van der Waals surface area contributed by atoms with Crippen LogP contribution in [0.2, 0.25) is 0 Å². The lowest BCUT2D eigenvalue weighted by molar-refractivity contribution is -0.385. The molecule has 114 valence electrons. The van der Waals surface area contributed by atoms with Gasteiger partial charge < -0.3 is 9.64 Å². The predicted octanol–water partition coefficient (Wildman–Crippen LogP) is 1.44. The van der Waals surface area contributed by atoms with Gasteiger partial charge in [0, 0.05) is 20.2 Å². The second-order valence-electron chi connectivity index (χ2n) is 5.11. The molecule has 0 bridgehead atoms. The normalized spacial score (nSPS) is 21.1. The lowest BCUT2D eigenvalue weighted by atomic mass is 9.93. The van der Waals surface area contributed by atoms with Crippen molar-refractivity contribution in [2.45, 2.75) is 6.04 Å². The molecule has 2 heterocycles. The second kappa shape index (κ2) is 4.83. The van der Waals surface area contributed by atoms with Crippen molar-refractivity contribution in [3.05, 3.63) is 51.2 Å². The molecule has 0 aliphatic carbocycles. The standard InChI is InChI=1S/C14H13N3O5/c1-15-10-7-22-13(18)11(10)12(16(2)14(15)19)8-5-3-4-6-9(8)17(20)21/h3-6,12H,7H2,1-2H3. The molecule has 1 unspecified atom stereocenters. The van der Waals surface area contributed by atoms with Gasteiger partial charge in [0.15, 0.2) is 0 Å². The summed E-state index contributed by atoms with van der Waals surface area (Å²) >= 11 is 0. The van der Waals surface area contributed by atoms with Gasteiger partial charge >= 0.3 is 12.0 Å². The number of ether oxygens (including phenoxy) is 1. The highest BCUT2D eigenvalue weighted by Gasteiger charge is 2.45. The molecular formula is C14H13N3O5. The van der Waals surface area contributed by atoms with E-state index in [0.29, 0.717) is 11.3 Å². The molecule has 8 heteroatoms. The summed E-state index contributed by atoms with van der Waals surface area (Å²) in [5.74, 6) is -0.552. The van der Waals surface area contributed by atoms with E-state index in [-0.39, 0.29) is 23.9 Å². The number of hydrogen-bond acceptors (Lipinski definition) is 5. The first kappa shape index (κ1) is 14.1. The number of hydrogen-bond donors (Lipinski definition) is 0. The third-order valence-electron chi connectivity index (χ3n) is 3.95. The Balaban J connectivity index is 2.23. The van der Waals surface area contributed by atoms with Gasteiger partial charge in [0.2, 0.25) is 0 Å². The van der Waals surface area contributed by atoms with E-state index >= 15 is 0 Å². The number of nitro benzene ring substituents is 1. The molecule has 0 fully saturated rings. The zero-order valence-corrected chi connectivity index (χ0v) is 12.0. The number of nitrogens with zero attached hydrogens (tertiary/aromatic N) is 3. The minimum Gasteiger partial charge on any atom is -0.456 e. The number of cyclic esters (lactones) is 1. The first-order chi connectivity index (χ1) is 10.4. The average Bonchev–Trinajstić information content (AvgIpc) is 2.87. The number of likely N-dealkylation sites (N-methyl/N-ethyl adjacent to an activating group) is 2. The van der Waals surface area contributed by atoms with Crippen LogP contribution in [-0.2, 0) is 9.53 Å². The highest BCUT2D eigenvalue weighted by atomic mass is 16.6. The predicted molar refractivity (Wildman–Crippen MR) is 74.7 cm³/mol. The molecule has 8 nitrogen and oxygen atoms in total. The molecule has 0 N–H and O–H groups in total. The fourth-order valence-corrected chi connectivity index (χ4v) is 2.86. The molecule has 2 aliphatic rings. The van der Waals surface area contributed by atoms with Gasteiger partial charge in [-0.15, -0.1) is 0 Å². The maximum absolute atomic E-state index is 12.3. The van der Waals surface area contributed by atoms with Crippen molar-refractivity contribution in [3.8, 4) is 0 Å². The maximum Gasteiger partial charge on any atom is 0.338 e. The molecule has 3 rings (SSSR count). The second-order valence-corrected chi connectivity index (χ2v) is 5.11. The zero-order valence-electron chi connectivity index (χ0n) is 12.0. The van der Waals surface area contributed by atoms with Gasteiger partial charge in [-0.1, -0.05) is 12.1 Å². The van der Waals surface area contributed by atoms with Crippen LogP contribution in [0.4, 0.5) is 10.5 Å². The van der Waals surface area contributed by atoms with Crippen LogP contribution in [0.15, 0.2) is 35.5 Å². The van der Waals surface area contributed by atoms with Gasteiger partial charge in [0.1, 0.15) is 6.61 Å². The Morgan fingerprint density at radius 1 is 1.27 bits per heavy atom. The van der Waals surface area contributed by atoms with Crippen molar-refractivity contribution in [3.63, 3.8) is 0 Å². The molecule has 0 saturated heterocycles. The lowest BCUT2D eigenvalue weighted by Gasteiger charge is -2.37. The van der Waals surface area contributed by atoms with Gasteiger partial charge in [-0.25, -0.2) is 9.59 Å². The zero-order chi connectivity index (χ0) is 16.0. The van der Waals surface area contributed by atoms with E-state index in [0.717, 1.165) is 0 Å². The first-order valence-corrected chi connectivity index (χ1v) is 6.57. The largest absolute Gasteiger partial charge is 0.456 e. The Labute approximate surface area is 125 Å². The third kappa shape index (κ3) is 1.84. The highest BCUT2D eigenvalue weighted by Crippen LogP contribution is 2.41. The minimum absolute atomic E-state index is 0.00137. The molecule has 2 aliphatic heterocycles. The van der Waals surface area contributed by atoms with Crippen molar-refractivity contribution in [2.75, 3.05) is 20.7 Å². The molecule has 0 saturated carbocycles. The average molecular weight is 303 g/mol. The van der Waals surface area contributed by atoms with Crippen molar-refractivity contribution in [1.82, 2.24) is 9.80 Å². The number of amides is 2. The quantitative estimate of drug-likeness (QED) is 0.468. The maximum atomic E-state index is 12.3. The van der Waals surface area contributed by atoms with Gasteiger partial charge in [0.05, 0.1) is 27.8 Å². The Bertz CT molecular complexity index is 727. The minimum atomic E-state index is -0.824. The summed E-state index contributed by atoms with van der Waals surface area (Å²) in [5.41, 5.74) is 0.890. The van der Waals surface area contributed by atoms with Crippen LogP contribution < -0.4 is 0 Å². The SMILES string of the molecule is CN1C(=O)N(C)C(c2ccccc2[N+](=O)[O-])C2=C1COC2=O. The molecule has 0 aromatic heterocycles. The molecule has 1 atom stereocenters. The highest BCUT2D eigenvalue weighted by molar-refractivity contribution is 5.97. The van der Waals surface area contributed by atoms with Crippen molar-refractivity contribution >= 4 is 17.7 Å². The number of esters is 1. The Kier molecular flexibility index (Phi) is 3.09. The van der Waals surface area contributed by atoms with Crippen molar-refractivity contribution in [2.24, 2.45) is 0 Å².